The quantitative estimate of drug-likeness (QED) is 0.703. The molecular weight excluding hydrogens is 368 g/mol. The first kappa shape index (κ1) is 21.1. The van der Waals surface area contributed by atoms with Crippen LogP contribution in [0.2, 0.25) is 0 Å². The van der Waals surface area contributed by atoms with Gasteiger partial charge < -0.3 is 14.4 Å². The maximum atomic E-state index is 13.4. The maximum absolute atomic E-state index is 13.4. The molecule has 2 aromatic rings. The second kappa shape index (κ2) is 8.69. The summed E-state index contributed by atoms with van der Waals surface area (Å²) in [6.07, 6.45) is 0.482. The molecule has 148 valence electrons. The number of nitrogens with zero attached hydrogens (tertiary/aromatic N) is 2. The van der Waals surface area contributed by atoms with E-state index in [1.807, 2.05) is 25.9 Å². The molecule has 0 aliphatic carbocycles. The first-order valence-corrected chi connectivity index (χ1v) is 10.2. The lowest BCUT2D eigenvalue weighted by Crippen LogP contribution is -2.36. The standard InChI is InChI=1S/C19H26N2O5S/c1-5-15-7-8-16(19(22)23)12-18(15)27(24,25)21(11-10-20(3)4)13-17-9-6-14(2)26-17/h6-9,12H,5,10-11,13H2,1-4H3,(H,22,23). The van der Waals surface area contributed by atoms with Crippen LogP contribution in [-0.2, 0) is 23.0 Å². The molecule has 1 aromatic heterocycles. The molecule has 27 heavy (non-hydrogen) atoms. The van der Waals surface area contributed by atoms with Crippen LogP contribution < -0.4 is 0 Å². The molecule has 8 heteroatoms. The van der Waals surface area contributed by atoms with Crippen molar-refractivity contribution in [2.45, 2.75) is 31.7 Å². The molecule has 0 atom stereocenters. The fourth-order valence-electron chi connectivity index (χ4n) is 2.70. The van der Waals surface area contributed by atoms with Crippen molar-refractivity contribution in [2.75, 3.05) is 27.2 Å². The first-order chi connectivity index (χ1) is 12.6. The van der Waals surface area contributed by atoms with Crippen molar-refractivity contribution < 1.29 is 22.7 Å². The van der Waals surface area contributed by atoms with Gasteiger partial charge in [-0.15, -0.1) is 0 Å². The monoisotopic (exact) mass is 394 g/mol. The van der Waals surface area contributed by atoms with Crippen LogP contribution >= 0.6 is 0 Å². The number of hydrogen-bond acceptors (Lipinski definition) is 5. The predicted molar refractivity (Wildman–Crippen MR) is 102 cm³/mol. The lowest BCUT2D eigenvalue weighted by Gasteiger charge is -2.24. The molecule has 0 amide bonds. The van der Waals surface area contributed by atoms with Gasteiger partial charge in [0.25, 0.3) is 0 Å². The van der Waals surface area contributed by atoms with Crippen LogP contribution in [0, 0.1) is 6.92 Å². The molecule has 0 saturated heterocycles. The number of likely N-dealkylation sites (N-methyl/N-ethyl adjacent to an activating group) is 1. The van der Waals surface area contributed by atoms with E-state index in [9.17, 15) is 18.3 Å². The van der Waals surface area contributed by atoms with Gasteiger partial charge in [-0.2, -0.15) is 4.31 Å². The Morgan fingerprint density at radius 1 is 1.15 bits per heavy atom. The van der Waals surface area contributed by atoms with Gasteiger partial charge >= 0.3 is 5.97 Å². The van der Waals surface area contributed by atoms with Gasteiger partial charge in [-0.3, -0.25) is 0 Å². The smallest absolute Gasteiger partial charge is 0.335 e. The Kier molecular flexibility index (Phi) is 6.80. The van der Waals surface area contributed by atoms with Crippen molar-refractivity contribution in [3.63, 3.8) is 0 Å². The summed E-state index contributed by atoms with van der Waals surface area (Å²) in [4.78, 5) is 13.3. The lowest BCUT2D eigenvalue weighted by atomic mass is 10.1. The molecule has 0 fully saturated rings. The summed E-state index contributed by atoms with van der Waals surface area (Å²) in [6.45, 7) is 4.52. The van der Waals surface area contributed by atoms with E-state index >= 15 is 0 Å². The SMILES string of the molecule is CCc1ccc(C(=O)O)cc1S(=O)(=O)N(CCN(C)C)Cc1ccc(C)o1. The summed E-state index contributed by atoms with van der Waals surface area (Å²) in [7, 11) is -0.170. The van der Waals surface area contributed by atoms with Crippen molar-refractivity contribution >= 4 is 16.0 Å². The molecule has 0 unspecified atom stereocenters. The average molecular weight is 394 g/mol. The van der Waals surface area contributed by atoms with Crippen molar-refractivity contribution in [1.82, 2.24) is 9.21 Å². The minimum absolute atomic E-state index is 0.0342. The zero-order valence-electron chi connectivity index (χ0n) is 16.1. The Bertz CT molecular complexity index is 903. The highest BCUT2D eigenvalue weighted by atomic mass is 32.2. The molecule has 1 aromatic carbocycles. The number of benzene rings is 1. The van der Waals surface area contributed by atoms with Crippen LogP contribution in [0.1, 0.15) is 34.4 Å². The topological polar surface area (TPSA) is 91.1 Å². The summed E-state index contributed by atoms with van der Waals surface area (Å²) >= 11 is 0. The zero-order valence-corrected chi connectivity index (χ0v) is 16.9. The molecular formula is C19H26N2O5S. The summed E-state index contributed by atoms with van der Waals surface area (Å²) in [5.74, 6) is 0.0925. The van der Waals surface area contributed by atoms with E-state index in [1.165, 1.54) is 16.4 Å². The van der Waals surface area contributed by atoms with Crippen LogP contribution in [0.4, 0.5) is 0 Å². The molecule has 0 spiro atoms. The molecule has 0 aliphatic heterocycles. The molecule has 7 nitrogen and oxygen atoms in total. The highest BCUT2D eigenvalue weighted by Crippen LogP contribution is 2.24. The summed E-state index contributed by atoms with van der Waals surface area (Å²) in [6, 6.07) is 7.78. The normalized spacial score (nSPS) is 12.1. The Labute approximate surface area is 160 Å². The number of sulfonamides is 1. The summed E-state index contributed by atoms with van der Waals surface area (Å²) < 4.78 is 33.7. The third-order valence-electron chi connectivity index (χ3n) is 4.24. The molecule has 1 N–H and O–H groups in total. The van der Waals surface area contributed by atoms with Crippen molar-refractivity contribution in [1.29, 1.82) is 0 Å². The molecule has 0 bridgehead atoms. The fourth-order valence-corrected chi connectivity index (χ4v) is 4.42. The highest BCUT2D eigenvalue weighted by Gasteiger charge is 2.28. The second-order valence-corrected chi connectivity index (χ2v) is 8.54. The van der Waals surface area contributed by atoms with E-state index in [2.05, 4.69) is 0 Å². The van der Waals surface area contributed by atoms with Crippen LogP contribution in [0.3, 0.4) is 0 Å². The molecule has 0 radical (unpaired) electrons. The largest absolute Gasteiger partial charge is 0.478 e. The van der Waals surface area contributed by atoms with Crippen LogP contribution in [0.5, 0.6) is 0 Å². The third-order valence-corrected chi connectivity index (χ3v) is 6.17. The first-order valence-electron chi connectivity index (χ1n) is 8.71. The number of carbonyl (C=O) groups is 1. The van der Waals surface area contributed by atoms with Gasteiger partial charge in [-0.25, -0.2) is 13.2 Å². The predicted octanol–water partition coefficient (Wildman–Crippen LogP) is 2.60. The van der Waals surface area contributed by atoms with E-state index in [4.69, 9.17) is 4.42 Å². The van der Waals surface area contributed by atoms with Gasteiger partial charge in [0, 0.05) is 13.1 Å². The number of aromatic carboxylic acids is 1. The minimum atomic E-state index is -3.90. The number of rotatable bonds is 9. The van der Waals surface area contributed by atoms with Gasteiger partial charge in [0.2, 0.25) is 10.0 Å². The number of carboxylic acid groups (broad SMARTS) is 1. The van der Waals surface area contributed by atoms with Crippen LogP contribution in [0.15, 0.2) is 39.6 Å². The van der Waals surface area contributed by atoms with Crippen molar-refractivity contribution in [3.05, 3.63) is 53.0 Å². The van der Waals surface area contributed by atoms with E-state index in [-0.39, 0.29) is 23.5 Å². The van der Waals surface area contributed by atoms with Gasteiger partial charge in [0.05, 0.1) is 17.0 Å². The molecule has 0 aliphatic rings. The van der Waals surface area contributed by atoms with Crippen molar-refractivity contribution in [2.24, 2.45) is 0 Å². The molecule has 2 rings (SSSR count). The number of aryl methyl sites for hydroxylation is 2. The third kappa shape index (κ3) is 5.18. The van der Waals surface area contributed by atoms with Gasteiger partial charge in [0.15, 0.2) is 0 Å². The van der Waals surface area contributed by atoms with E-state index in [0.717, 1.165) is 0 Å². The Hall–Kier alpha value is -2.16. The van der Waals surface area contributed by atoms with Crippen LogP contribution in [0.25, 0.3) is 0 Å². The summed E-state index contributed by atoms with van der Waals surface area (Å²) in [5.41, 5.74) is 0.539. The Morgan fingerprint density at radius 2 is 1.85 bits per heavy atom. The van der Waals surface area contributed by atoms with E-state index in [0.29, 0.717) is 30.0 Å². The zero-order chi connectivity index (χ0) is 20.2. The Morgan fingerprint density at radius 3 is 2.37 bits per heavy atom. The van der Waals surface area contributed by atoms with E-state index < -0.39 is 16.0 Å². The number of carboxylic acids is 1. The summed E-state index contributed by atoms with van der Waals surface area (Å²) in [5, 5.41) is 9.26. The van der Waals surface area contributed by atoms with Crippen LogP contribution in [-0.4, -0.2) is 55.9 Å². The lowest BCUT2D eigenvalue weighted by molar-refractivity contribution is 0.0696. The molecule has 0 saturated carbocycles. The van der Waals surface area contributed by atoms with E-state index in [1.54, 1.807) is 25.1 Å². The average Bonchev–Trinajstić information content (AvgIpc) is 3.02. The van der Waals surface area contributed by atoms with Gasteiger partial charge in [0.1, 0.15) is 11.5 Å². The minimum Gasteiger partial charge on any atom is -0.478 e. The van der Waals surface area contributed by atoms with Gasteiger partial charge in [-0.1, -0.05) is 13.0 Å². The second-order valence-electron chi connectivity index (χ2n) is 6.64. The maximum Gasteiger partial charge on any atom is 0.335 e. The fraction of sp³-hybridized carbons (Fsp3) is 0.421. The Balaban J connectivity index is 2.48. The number of furan rings is 1. The van der Waals surface area contributed by atoms with Crippen molar-refractivity contribution in [3.8, 4) is 0 Å². The van der Waals surface area contributed by atoms with Gasteiger partial charge in [-0.05, 0) is 57.3 Å². The molecule has 1 heterocycles. The highest BCUT2D eigenvalue weighted by molar-refractivity contribution is 7.89. The number of hydrogen-bond donors (Lipinski definition) is 1.